The highest BCUT2D eigenvalue weighted by molar-refractivity contribution is 6.07. The molecule has 3 heteroatoms. The molecule has 2 N–H and O–H groups in total. The van der Waals surface area contributed by atoms with Gasteiger partial charge in [-0.05, 0) is 13.0 Å². The van der Waals surface area contributed by atoms with Crippen LogP contribution < -0.4 is 5.73 Å². The van der Waals surface area contributed by atoms with Gasteiger partial charge in [-0.3, -0.25) is 0 Å². The normalized spacial score (nSPS) is 11.6. The van der Waals surface area contributed by atoms with Crippen LogP contribution in [0.25, 0.3) is 22.1 Å². The number of rotatable bonds is 0. The fraction of sp³-hybridized carbons (Fsp3) is 0.167. The second-order valence-corrected chi connectivity index (χ2v) is 3.85. The summed E-state index contributed by atoms with van der Waals surface area (Å²) in [6.45, 7) is 2.03. The van der Waals surface area contributed by atoms with E-state index in [4.69, 9.17) is 10.2 Å². The van der Waals surface area contributed by atoms with Crippen molar-refractivity contribution in [2.24, 2.45) is 7.05 Å². The summed E-state index contributed by atoms with van der Waals surface area (Å²) in [5.74, 6) is 0.773. The van der Waals surface area contributed by atoms with E-state index in [1.807, 2.05) is 36.7 Å². The van der Waals surface area contributed by atoms with Crippen molar-refractivity contribution in [2.75, 3.05) is 5.73 Å². The number of aromatic nitrogens is 1. The van der Waals surface area contributed by atoms with Gasteiger partial charge in [0.15, 0.2) is 0 Å². The number of anilines is 1. The van der Waals surface area contributed by atoms with Crippen LogP contribution in [0.5, 0.6) is 0 Å². The standard InChI is InChI=1S/C12H12N2O/c1-7-10-8-5-3-4-6-9(8)15-12(10)14(2)11(7)13/h3-6H,13H2,1-2H3. The van der Waals surface area contributed by atoms with Gasteiger partial charge >= 0.3 is 0 Å². The van der Waals surface area contributed by atoms with E-state index < -0.39 is 0 Å². The Balaban J connectivity index is 2.65. The summed E-state index contributed by atoms with van der Waals surface area (Å²) < 4.78 is 7.66. The second kappa shape index (κ2) is 2.57. The molecule has 0 atom stereocenters. The quantitative estimate of drug-likeness (QED) is 0.606. The number of hydrogen-bond acceptors (Lipinski definition) is 2. The van der Waals surface area contributed by atoms with Crippen LogP contribution in [0.15, 0.2) is 28.7 Å². The van der Waals surface area contributed by atoms with Crippen molar-refractivity contribution in [2.45, 2.75) is 6.92 Å². The van der Waals surface area contributed by atoms with Crippen molar-refractivity contribution >= 4 is 27.9 Å². The van der Waals surface area contributed by atoms with E-state index in [9.17, 15) is 0 Å². The Morgan fingerprint density at radius 2 is 2.00 bits per heavy atom. The maximum absolute atomic E-state index is 5.95. The Morgan fingerprint density at radius 3 is 2.80 bits per heavy atom. The van der Waals surface area contributed by atoms with Crippen LogP contribution in [0, 0.1) is 6.92 Å². The van der Waals surface area contributed by atoms with Gasteiger partial charge in [-0.2, -0.15) is 0 Å². The number of fused-ring (bicyclic) bond motifs is 3. The molecule has 0 aliphatic rings. The van der Waals surface area contributed by atoms with Gasteiger partial charge in [-0.15, -0.1) is 0 Å². The Bertz CT molecular complexity index is 661. The first-order chi connectivity index (χ1) is 7.20. The molecule has 0 amide bonds. The number of hydrogen-bond donors (Lipinski definition) is 1. The Kier molecular flexibility index (Phi) is 1.44. The van der Waals surface area contributed by atoms with Gasteiger partial charge in [0.05, 0.1) is 5.39 Å². The van der Waals surface area contributed by atoms with Gasteiger partial charge in [0, 0.05) is 18.0 Å². The lowest BCUT2D eigenvalue weighted by Crippen LogP contribution is -1.96. The molecule has 15 heavy (non-hydrogen) atoms. The summed E-state index contributed by atoms with van der Waals surface area (Å²) in [4.78, 5) is 0. The molecule has 0 spiro atoms. The maximum Gasteiger partial charge on any atom is 0.209 e. The van der Waals surface area contributed by atoms with Crippen molar-refractivity contribution in [3.8, 4) is 0 Å². The van der Waals surface area contributed by atoms with E-state index in [0.717, 1.165) is 33.5 Å². The average molecular weight is 200 g/mol. The zero-order chi connectivity index (χ0) is 10.6. The van der Waals surface area contributed by atoms with Crippen molar-refractivity contribution in [1.29, 1.82) is 0 Å². The molecule has 0 bridgehead atoms. The third kappa shape index (κ3) is 0.897. The van der Waals surface area contributed by atoms with E-state index in [1.165, 1.54) is 0 Å². The number of aryl methyl sites for hydroxylation is 2. The molecule has 0 radical (unpaired) electrons. The lowest BCUT2D eigenvalue weighted by molar-refractivity contribution is 0.632. The summed E-state index contributed by atoms with van der Waals surface area (Å²) in [7, 11) is 1.92. The van der Waals surface area contributed by atoms with Crippen LogP contribution >= 0.6 is 0 Å². The zero-order valence-electron chi connectivity index (χ0n) is 8.74. The van der Waals surface area contributed by atoms with E-state index >= 15 is 0 Å². The van der Waals surface area contributed by atoms with Gasteiger partial charge in [0.2, 0.25) is 5.71 Å². The summed E-state index contributed by atoms with van der Waals surface area (Å²) in [6.07, 6.45) is 0. The van der Waals surface area contributed by atoms with Crippen LogP contribution in [-0.4, -0.2) is 4.57 Å². The fourth-order valence-electron chi connectivity index (χ4n) is 2.12. The molecule has 1 aromatic carbocycles. The first-order valence-electron chi connectivity index (χ1n) is 4.92. The highest BCUT2D eigenvalue weighted by atomic mass is 16.3. The van der Waals surface area contributed by atoms with Crippen LogP contribution in [0.1, 0.15) is 5.56 Å². The molecular formula is C12H12N2O. The minimum Gasteiger partial charge on any atom is -0.439 e. The van der Waals surface area contributed by atoms with Crippen LogP contribution in [0.2, 0.25) is 0 Å². The number of nitrogens with zero attached hydrogens (tertiary/aromatic N) is 1. The lowest BCUT2D eigenvalue weighted by atomic mass is 10.1. The predicted octanol–water partition coefficient (Wildman–Crippen LogP) is 2.82. The van der Waals surface area contributed by atoms with Gasteiger partial charge < -0.3 is 14.7 Å². The lowest BCUT2D eigenvalue weighted by Gasteiger charge is -1.96. The van der Waals surface area contributed by atoms with Crippen molar-refractivity contribution in [1.82, 2.24) is 4.57 Å². The number of furan rings is 1. The molecule has 3 rings (SSSR count). The minimum absolute atomic E-state index is 0.773. The van der Waals surface area contributed by atoms with Gasteiger partial charge in [0.1, 0.15) is 11.4 Å². The molecule has 76 valence electrons. The largest absolute Gasteiger partial charge is 0.439 e. The van der Waals surface area contributed by atoms with Crippen LogP contribution in [-0.2, 0) is 7.05 Å². The summed E-state index contributed by atoms with van der Waals surface area (Å²) in [5.41, 5.74) is 8.82. The molecular weight excluding hydrogens is 188 g/mol. The summed E-state index contributed by atoms with van der Waals surface area (Å²) in [6, 6.07) is 8.03. The number of nitrogens with two attached hydrogens (primary N) is 1. The Hall–Kier alpha value is -1.90. The van der Waals surface area contributed by atoms with Crippen molar-refractivity contribution in [3.05, 3.63) is 29.8 Å². The predicted molar refractivity (Wildman–Crippen MR) is 61.8 cm³/mol. The molecule has 2 aromatic heterocycles. The summed E-state index contributed by atoms with van der Waals surface area (Å²) >= 11 is 0. The number of benzene rings is 1. The third-order valence-electron chi connectivity index (χ3n) is 3.00. The van der Waals surface area contributed by atoms with E-state index in [-0.39, 0.29) is 0 Å². The average Bonchev–Trinajstić information content (AvgIpc) is 2.72. The fourth-order valence-corrected chi connectivity index (χ4v) is 2.12. The van der Waals surface area contributed by atoms with E-state index in [2.05, 4.69) is 6.07 Å². The second-order valence-electron chi connectivity index (χ2n) is 3.85. The molecule has 0 saturated heterocycles. The Morgan fingerprint density at radius 1 is 1.27 bits per heavy atom. The number of nitrogen functional groups attached to an aromatic ring is 1. The van der Waals surface area contributed by atoms with E-state index in [1.54, 1.807) is 0 Å². The maximum atomic E-state index is 5.95. The minimum atomic E-state index is 0.773. The third-order valence-corrected chi connectivity index (χ3v) is 3.00. The zero-order valence-corrected chi connectivity index (χ0v) is 8.74. The molecule has 2 heterocycles. The van der Waals surface area contributed by atoms with Crippen molar-refractivity contribution in [3.63, 3.8) is 0 Å². The first kappa shape index (κ1) is 8.41. The SMILES string of the molecule is Cc1c(N)n(C)c2oc3ccccc3c12. The molecule has 0 unspecified atom stereocenters. The van der Waals surface area contributed by atoms with Crippen LogP contribution in [0.3, 0.4) is 0 Å². The molecule has 3 aromatic rings. The molecule has 0 aliphatic carbocycles. The van der Waals surface area contributed by atoms with Crippen LogP contribution in [0.4, 0.5) is 5.82 Å². The highest BCUT2D eigenvalue weighted by Crippen LogP contribution is 2.35. The Labute approximate surface area is 87.1 Å². The van der Waals surface area contributed by atoms with Gasteiger partial charge in [0.25, 0.3) is 0 Å². The van der Waals surface area contributed by atoms with Crippen molar-refractivity contribution < 1.29 is 4.42 Å². The monoisotopic (exact) mass is 200 g/mol. The molecule has 3 nitrogen and oxygen atoms in total. The first-order valence-corrected chi connectivity index (χ1v) is 4.92. The van der Waals surface area contributed by atoms with Gasteiger partial charge in [-0.25, -0.2) is 0 Å². The molecule has 0 fully saturated rings. The highest BCUT2D eigenvalue weighted by Gasteiger charge is 2.16. The number of para-hydroxylation sites is 1. The topological polar surface area (TPSA) is 44.1 Å². The smallest absolute Gasteiger partial charge is 0.209 e. The van der Waals surface area contributed by atoms with E-state index in [0.29, 0.717) is 0 Å². The molecule has 0 aliphatic heterocycles. The van der Waals surface area contributed by atoms with Gasteiger partial charge in [-0.1, -0.05) is 18.2 Å². The summed E-state index contributed by atoms with van der Waals surface area (Å²) in [5, 5.41) is 2.27. The molecule has 0 saturated carbocycles.